The lowest BCUT2D eigenvalue weighted by Crippen LogP contribution is -2.31. The number of aliphatic carboxylic acids is 1. The first-order valence-corrected chi connectivity index (χ1v) is 8.39. The molecule has 0 aliphatic heterocycles. The summed E-state index contributed by atoms with van der Waals surface area (Å²) in [7, 11) is 0. The summed E-state index contributed by atoms with van der Waals surface area (Å²) < 4.78 is 6.08. The average molecular weight is 330 g/mol. The first-order chi connectivity index (χ1) is 11.1. The molecule has 0 amide bonds. The third-order valence-electron chi connectivity index (χ3n) is 4.58. The van der Waals surface area contributed by atoms with Crippen LogP contribution >= 0.6 is 0 Å². The molecular weight excluding hydrogens is 300 g/mol. The summed E-state index contributed by atoms with van der Waals surface area (Å²) in [6, 6.07) is 10.1. The van der Waals surface area contributed by atoms with Crippen molar-refractivity contribution in [3.05, 3.63) is 60.2 Å². The maximum absolute atomic E-state index is 11.4. The summed E-state index contributed by atoms with van der Waals surface area (Å²) >= 11 is 0. The Morgan fingerprint density at radius 2 is 1.83 bits per heavy atom. The second kappa shape index (κ2) is 8.84. The van der Waals surface area contributed by atoms with Gasteiger partial charge in [-0.15, -0.1) is 0 Å². The van der Waals surface area contributed by atoms with E-state index in [2.05, 4.69) is 33.4 Å². The SMILES string of the molecule is C=C(C)[C@H](C(=O)O)[C@H](C)/C=C/[C@H](C)C(C)(C)OCc1ccccc1. The Kier molecular flexibility index (Phi) is 7.43. The van der Waals surface area contributed by atoms with Crippen LogP contribution in [0.2, 0.25) is 0 Å². The van der Waals surface area contributed by atoms with Crippen LogP contribution in [0.4, 0.5) is 0 Å². The van der Waals surface area contributed by atoms with E-state index in [0.29, 0.717) is 12.2 Å². The van der Waals surface area contributed by atoms with Gasteiger partial charge in [-0.2, -0.15) is 0 Å². The van der Waals surface area contributed by atoms with Gasteiger partial charge < -0.3 is 9.84 Å². The Bertz CT molecular complexity index is 558. The van der Waals surface area contributed by atoms with Crippen LogP contribution in [0.25, 0.3) is 0 Å². The molecule has 0 saturated heterocycles. The number of hydrogen-bond acceptors (Lipinski definition) is 2. The summed E-state index contributed by atoms with van der Waals surface area (Å²) in [6.45, 7) is 14.2. The fourth-order valence-corrected chi connectivity index (χ4v) is 2.54. The second-order valence-corrected chi connectivity index (χ2v) is 7.07. The van der Waals surface area contributed by atoms with E-state index in [9.17, 15) is 9.90 Å². The van der Waals surface area contributed by atoms with Crippen molar-refractivity contribution in [2.45, 2.75) is 46.8 Å². The van der Waals surface area contributed by atoms with Crippen molar-refractivity contribution in [3.63, 3.8) is 0 Å². The number of rotatable bonds is 9. The fourth-order valence-electron chi connectivity index (χ4n) is 2.54. The Morgan fingerprint density at radius 3 is 2.33 bits per heavy atom. The minimum Gasteiger partial charge on any atom is -0.481 e. The van der Waals surface area contributed by atoms with Crippen LogP contribution in [-0.2, 0) is 16.1 Å². The van der Waals surface area contributed by atoms with Crippen molar-refractivity contribution in [3.8, 4) is 0 Å². The standard InChI is InChI=1S/C21H30O3/c1-15(2)19(20(22)23)16(3)12-13-17(4)21(5,6)24-14-18-10-8-7-9-11-18/h7-13,16-17,19H,1,14H2,2-6H3,(H,22,23)/b13-12+/t16-,17+,19+/m1/s1. The highest BCUT2D eigenvalue weighted by Gasteiger charge is 2.27. The normalized spacial score (nSPS) is 15.9. The van der Waals surface area contributed by atoms with E-state index in [1.165, 1.54) is 0 Å². The molecule has 3 nitrogen and oxygen atoms in total. The second-order valence-electron chi connectivity index (χ2n) is 7.07. The molecule has 1 aromatic carbocycles. The van der Waals surface area contributed by atoms with E-state index < -0.39 is 11.9 Å². The van der Waals surface area contributed by atoms with Crippen LogP contribution in [0.15, 0.2) is 54.6 Å². The Hall–Kier alpha value is -1.87. The van der Waals surface area contributed by atoms with Gasteiger partial charge in [-0.3, -0.25) is 4.79 Å². The van der Waals surface area contributed by atoms with Crippen molar-refractivity contribution < 1.29 is 14.6 Å². The van der Waals surface area contributed by atoms with Crippen LogP contribution < -0.4 is 0 Å². The fraction of sp³-hybridized carbons (Fsp3) is 0.476. The molecule has 0 fully saturated rings. The highest BCUT2D eigenvalue weighted by Crippen LogP contribution is 2.26. The van der Waals surface area contributed by atoms with Gasteiger partial charge in [0, 0.05) is 5.92 Å². The molecule has 3 heteroatoms. The lowest BCUT2D eigenvalue weighted by atomic mass is 9.85. The van der Waals surface area contributed by atoms with E-state index in [1.807, 2.05) is 43.3 Å². The average Bonchev–Trinajstić information content (AvgIpc) is 2.51. The molecule has 132 valence electrons. The van der Waals surface area contributed by atoms with Gasteiger partial charge in [-0.25, -0.2) is 0 Å². The molecule has 0 aromatic heterocycles. The summed E-state index contributed by atoms with van der Waals surface area (Å²) in [5.41, 5.74) is 1.48. The molecule has 0 spiro atoms. The molecule has 0 bridgehead atoms. The van der Waals surface area contributed by atoms with E-state index in [1.54, 1.807) is 6.92 Å². The number of carboxylic acid groups (broad SMARTS) is 1. The van der Waals surface area contributed by atoms with Crippen LogP contribution in [-0.4, -0.2) is 16.7 Å². The van der Waals surface area contributed by atoms with Crippen LogP contribution in [0.5, 0.6) is 0 Å². The van der Waals surface area contributed by atoms with Gasteiger partial charge in [0.15, 0.2) is 0 Å². The Labute approximate surface area is 146 Å². The topological polar surface area (TPSA) is 46.5 Å². The van der Waals surface area contributed by atoms with Gasteiger partial charge in [0.2, 0.25) is 0 Å². The third-order valence-corrected chi connectivity index (χ3v) is 4.58. The number of ether oxygens (including phenoxy) is 1. The van der Waals surface area contributed by atoms with Crippen molar-refractivity contribution in [2.75, 3.05) is 0 Å². The molecule has 0 aliphatic rings. The summed E-state index contributed by atoms with van der Waals surface area (Å²) in [5.74, 6) is -1.33. The molecule has 0 radical (unpaired) electrons. The molecule has 0 heterocycles. The van der Waals surface area contributed by atoms with Gasteiger partial charge in [0.05, 0.1) is 18.1 Å². The zero-order valence-electron chi connectivity index (χ0n) is 15.5. The van der Waals surface area contributed by atoms with Crippen molar-refractivity contribution in [1.82, 2.24) is 0 Å². The lowest BCUT2D eigenvalue weighted by molar-refractivity contribution is -0.141. The zero-order valence-corrected chi connectivity index (χ0v) is 15.5. The highest BCUT2D eigenvalue weighted by molar-refractivity contribution is 5.73. The third kappa shape index (κ3) is 5.97. The molecule has 0 aliphatic carbocycles. The van der Waals surface area contributed by atoms with Crippen LogP contribution in [0.1, 0.15) is 40.2 Å². The maximum Gasteiger partial charge on any atom is 0.311 e. The van der Waals surface area contributed by atoms with E-state index >= 15 is 0 Å². The Morgan fingerprint density at radius 1 is 1.25 bits per heavy atom. The predicted octanol–water partition coefficient (Wildman–Crippen LogP) is 5.09. The number of hydrogen-bond donors (Lipinski definition) is 1. The van der Waals surface area contributed by atoms with Gasteiger partial charge in [0.25, 0.3) is 0 Å². The van der Waals surface area contributed by atoms with Crippen molar-refractivity contribution >= 4 is 5.97 Å². The minimum atomic E-state index is -0.827. The van der Waals surface area contributed by atoms with Crippen LogP contribution in [0.3, 0.4) is 0 Å². The maximum atomic E-state index is 11.4. The molecule has 0 saturated carbocycles. The number of benzene rings is 1. The zero-order chi connectivity index (χ0) is 18.3. The van der Waals surface area contributed by atoms with Gasteiger partial charge in [-0.05, 0) is 32.3 Å². The first kappa shape index (κ1) is 20.2. The molecule has 1 rings (SSSR count). The predicted molar refractivity (Wildman–Crippen MR) is 98.7 cm³/mol. The molecular formula is C21H30O3. The summed E-state index contributed by atoms with van der Waals surface area (Å²) in [6.07, 6.45) is 4.01. The molecule has 1 aromatic rings. The van der Waals surface area contributed by atoms with Crippen molar-refractivity contribution in [1.29, 1.82) is 0 Å². The molecule has 0 unspecified atom stereocenters. The monoisotopic (exact) mass is 330 g/mol. The summed E-state index contributed by atoms with van der Waals surface area (Å²) in [4.78, 5) is 11.4. The first-order valence-electron chi connectivity index (χ1n) is 8.39. The van der Waals surface area contributed by atoms with E-state index in [-0.39, 0.29) is 17.4 Å². The summed E-state index contributed by atoms with van der Waals surface area (Å²) in [5, 5.41) is 9.33. The quantitative estimate of drug-likeness (QED) is 0.642. The largest absolute Gasteiger partial charge is 0.481 e. The van der Waals surface area contributed by atoms with Gasteiger partial charge in [0.1, 0.15) is 0 Å². The molecule has 24 heavy (non-hydrogen) atoms. The van der Waals surface area contributed by atoms with Crippen LogP contribution in [0, 0.1) is 17.8 Å². The Balaban J connectivity index is 2.68. The van der Waals surface area contributed by atoms with Gasteiger partial charge in [-0.1, -0.05) is 68.5 Å². The minimum absolute atomic E-state index is 0.104. The number of carboxylic acids is 1. The van der Waals surface area contributed by atoms with Crippen molar-refractivity contribution in [2.24, 2.45) is 17.8 Å². The number of carbonyl (C=O) groups is 1. The highest BCUT2D eigenvalue weighted by atomic mass is 16.5. The lowest BCUT2D eigenvalue weighted by Gasteiger charge is -2.31. The van der Waals surface area contributed by atoms with Gasteiger partial charge >= 0.3 is 5.97 Å². The van der Waals surface area contributed by atoms with E-state index in [4.69, 9.17) is 4.74 Å². The smallest absolute Gasteiger partial charge is 0.311 e. The van der Waals surface area contributed by atoms with E-state index in [0.717, 1.165) is 5.56 Å². The molecule has 1 N–H and O–H groups in total. The number of allylic oxidation sites excluding steroid dienone is 1. The molecule has 3 atom stereocenters.